The third-order valence-corrected chi connectivity index (χ3v) is 5.07. The number of hydrogen-bond donors (Lipinski definition) is 6. The predicted molar refractivity (Wildman–Crippen MR) is 120 cm³/mol. The zero-order chi connectivity index (χ0) is 24.0. The third kappa shape index (κ3) is 6.34. The van der Waals surface area contributed by atoms with E-state index in [4.69, 9.17) is 9.63 Å². The summed E-state index contributed by atoms with van der Waals surface area (Å²) in [5.74, 6) is -1.76. The molecule has 0 aliphatic heterocycles. The normalized spacial score (nSPS) is 11.6. The second-order valence-corrected chi connectivity index (χ2v) is 7.58. The number of amides is 1. The van der Waals surface area contributed by atoms with Crippen LogP contribution >= 0.6 is 0 Å². The number of carbonyl (C=O) groups is 2. The van der Waals surface area contributed by atoms with E-state index in [1.54, 1.807) is 31.2 Å². The van der Waals surface area contributed by atoms with Gasteiger partial charge in [0, 0.05) is 30.5 Å². The third-order valence-electron chi connectivity index (χ3n) is 5.07. The number of aromatic hydroxyl groups is 1. The first-order valence-corrected chi connectivity index (χ1v) is 10.2. The van der Waals surface area contributed by atoms with Crippen LogP contribution in [0.5, 0.6) is 5.75 Å². The van der Waals surface area contributed by atoms with E-state index >= 15 is 0 Å². The molecule has 0 saturated carbocycles. The van der Waals surface area contributed by atoms with Gasteiger partial charge in [0.25, 0.3) is 5.91 Å². The highest BCUT2D eigenvalue weighted by atomic mass is 16.5. The molecular weight excluding hydrogens is 429 g/mol. The molecule has 0 saturated heterocycles. The largest absolute Gasteiger partial charge is 0.507 e. The summed E-state index contributed by atoms with van der Waals surface area (Å²) in [6, 6.07) is 12.8. The minimum absolute atomic E-state index is 0.0496. The van der Waals surface area contributed by atoms with Crippen LogP contribution in [0.25, 0.3) is 0 Å². The maximum Gasteiger partial charge on any atom is 0.456 e. The van der Waals surface area contributed by atoms with Gasteiger partial charge in [-0.3, -0.25) is 4.79 Å². The van der Waals surface area contributed by atoms with Crippen molar-refractivity contribution in [2.45, 2.75) is 25.7 Å². The average Bonchev–Trinajstić information content (AvgIpc) is 3.21. The Labute approximate surface area is 190 Å². The standard InChI is InChI=1S/C22H24BN3O7/c1-13-8-19(26-33-13)24-11-14-4-2-6-16(9-14)21(28)25-12-17(23(31)32)10-15-5-3-7-18(20(15)27)22(29)30/h2-9,17,27,31-32H,10-12H2,1H3,(H,24,26)(H,25,28)(H,29,30)/t17-/m1/s1. The maximum absolute atomic E-state index is 12.6. The fraction of sp³-hybridized carbons (Fsp3) is 0.227. The molecular formula is C22H24BN3O7. The summed E-state index contributed by atoms with van der Waals surface area (Å²) in [5, 5.41) is 48.4. The molecule has 3 rings (SSSR count). The van der Waals surface area contributed by atoms with Gasteiger partial charge in [-0.25, -0.2) is 4.79 Å². The van der Waals surface area contributed by atoms with Crippen LogP contribution in [-0.4, -0.2) is 51.0 Å². The van der Waals surface area contributed by atoms with Gasteiger partial charge in [-0.1, -0.05) is 29.4 Å². The summed E-state index contributed by atoms with van der Waals surface area (Å²) in [5.41, 5.74) is 1.16. The zero-order valence-electron chi connectivity index (χ0n) is 17.9. The maximum atomic E-state index is 12.6. The van der Waals surface area contributed by atoms with Gasteiger partial charge in [-0.15, -0.1) is 0 Å². The summed E-state index contributed by atoms with van der Waals surface area (Å²) < 4.78 is 4.99. The van der Waals surface area contributed by atoms with Gasteiger partial charge in [0.2, 0.25) is 0 Å². The minimum atomic E-state index is -1.79. The number of nitrogens with zero attached hydrogens (tertiary/aromatic N) is 1. The van der Waals surface area contributed by atoms with Gasteiger partial charge in [0.05, 0.1) is 0 Å². The molecule has 1 aromatic heterocycles. The molecule has 172 valence electrons. The monoisotopic (exact) mass is 453 g/mol. The Kier molecular flexibility index (Phi) is 7.70. The Bertz CT molecular complexity index is 1130. The molecule has 10 nitrogen and oxygen atoms in total. The van der Waals surface area contributed by atoms with Gasteiger partial charge < -0.3 is 35.4 Å². The van der Waals surface area contributed by atoms with Crippen LogP contribution in [0, 0.1) is 6.92 Å². The predicted octanol–water partition coefficient (Wildman–Crippen LogP) is 1.81. The molecule has 33 heavy (non-hydrogen) atoms. The molecule has 0 bridgehead atoms. The molecule has 0 aliphatic carbocycles. The minimum Gasteiger partial charge on any atom is -0.507 e. The molecule has 0 radical (unpaired) electrons. The molecule has 11 heteroatoms. The number of para-hydroxylation sites is 1. The van der Waals surface area contributed by atoms with Crippen LogP contribution in [0.4, 0.5) is 5.82 Å². The van der Waals surface area contributed by atoms with Crippen molar-refractivity contribution in [1.29, 1.82) is 0 Å². The van der Waals surface area contributed by atoms with E-state index in [-0.39, 0.29) is 24.1 Å². The Hall–Kier alpha value is -3.83. The number of benzene rings is 2. The number of carboxylic acid groups (broad SMARTS) is 1. The number of aryl methyl sites for hydroxylation is 1. The van der Waals surface area contributed by atoms with E-state index < -0.39 is 30.6 Å². The van der Waals surface area contributed by atoms with Crippen molar-refractivity contribution in [2.75, 3.05) is 11.9 Å². The summed E-state index contributed by atoms with van der Waals surface area (Å²) >= 11 is 0. The number of anilines is 1. The molecule has 0 fully saturated rings. The number of carbonyl (C=O) groups excluding carboxylic acids is 1. The van der Waals surface area contributed by atoms with Crippen molar-refractivity contribution in [3.63, 3.8) is 0 Å². The molecule has 6 N–H and O–H groups in total. The van der Waals surface area contributed by atoms with Gasteiger partial charge in [0.15, 0.2) is 5.82 Å². The lowest BCUT2D eigenvalue weighted by Gasteiger charge is -2.18. The highest BCUT2D eigenvalue weighted by molar-refractivity contribution is 6.43. The molecule has 1 amide bonds. The highest BCUT2D eigenvalue weighted by Gasteiger charge is 2.26. The Morgan fingerprint density at radius 2 is 1.91 bits per heavy atom. The molecule has 2 aromatic carbocycles. The number of phenols is 1. The fourth-order valence-corrected chi connectivity index (χ4v) is 3.28. The van der Waals surface area contributed by atoms with Gasteiger partial charge in [0.1, 0.15) is 17.1 Å². The van der Waals surface area contributed by atoms with Gasteiger partial charge >= 0.3 is 13.1 Å². The second-order valence-electron chi connectivity index (χ2n) is 7.58. The van der Waals surface area contributed by atoms with E-state index in [1.165, 1.54) is 18.2 Å². The summed E-state index contributed by atoms with van der Waals surface area (Å²) in [6.07, 6.45) is -0.0496. The number of carboxylic acids is 1. The molecule has 1 heterocycles. The average molecular weight is 453 g/mol. The van der Waals surface area contributed by atoms with Gasteiger partial charge in [-0.05, 0) is 42.7 Å². The molecule has 0 aliphatic rings. The molecule has 1 atom stereocenters. The Morgan fingerprint density at radius 1 is 1.15 bits per heavy atom. The quantitative estimate of drug-likeness (QED) is 0.251. The number of aromatic nitrogens is 1. The first-order chi connectivity index (χ1) is 15.7. The van der Waals surface area contributed by atoms with Crippen LogP contribution in [0.3, 0.4) is 0 Å². The molecule has 0 spiro atoms. The molecule has 0 unspecified atom stereocenters. The lowest BCUT2D eigenvalue weighted by Crippen LogP contribution is -2.35. The Balaban J connectivity index is 1.62. The first kappa shape index (κ1) is 23.8. The summed E-state index contributed by atoms with van der Waals surface area (Å²) in [6.45, 7) is 2.10. The number of rotatable bonds is 10. The highest BCUT2D eigenvalue weighted by Crippen LogP contribution is 2.27. The van der Waals surface area contributed by atoms with Crippen LogP contribution < -0.4 is 10.6 Å². The number of nitrogens with one attached hydrogen (secondary N) is 2. The smallest absolute Gasteiger partial charge is 0.456 e. The number of hydrogen-bond acceptors (Lipinski definition) is 8. The fourth-order valence-electron chi connectivity index (χ4n) is 3.28. The lowest BCUT2D eigenvalue weighted by molar-refractivity contribution is 0.0693. The summed E-state index contributed by atoms with van der Waals surface area (Å²) in [4.78, 5) is 23.8. The van der Waals surface area contributed by atoms with Crippen molar-refractivity contribution in [1.82, 2.24) is 10.5 Å². The zero-order valence-corrected chi connectivity index (χ0v) is 17.9. The molecule has 3 aromatic rings. The van der Waals surface area contributed by atoms with Crippen molar-refractivity contribution in [3.8, 4) is 5.75 Å². The van der Waals surface area contributed by atoms with E-state index in [1.807, 2.05) is 6.07 Å². The van der Waals surface area contributed by atoms with E-state index in [0.29, 0.717) is 23.7 Å². The van der Waals surface area contributed by atoms with Crippen LogP contribution in [0.1, 0.15) is 37.6 Å². The van der Waals surface area contributed by atoms with Crippen molar-refractivity contribution >= 4 is 24.8 Å². The van der Waals surface area contributed by atoms with Crippen LogP contribution in [-0.2, 0) is 13.0 Å². The SMILES string of the molecule is Cc1cc(NCc2cccc(C(=O)NC[C@@H](Cc3cccc(C(=O)O)c3O)B(O)O)c2)no1. The van der Waals surface area contributed by atoms with Crippen LogP contribution in [0.15, 0.2) is 53.1 Å². The van der Waals surface area contributed by atoms with E-state index in [0.717, 1.165) is 5.56 Å². The van der Waals surface area contributed by atoms with Crippen molar-refractivity contribution < 1.29 is 34.4 Å². The topological polar surface area (TPSA) is 165 Å². The first-order valence-electron chi connectivity index (χ1n) is 10.2. The van der Waals surface area contributed by atoms with Gasteiger partial charge in [-0.2, -0.15) is 0 Å². The van der Waals surface area contributed by atoms with Crippen molar-refractivity contribution in [3.05, 3.63) is 76.5 Å². The van der Waals surface area contributed by atoms with Crippen molar-refractivity contribution in [2.24, 2.45) is 0 Å². The second kappa shape index (κ2) is 10.7. The van der Waals surface area contributed by atoms with Crippen LogP contribution in [0.2, 0.25) is 5.82 Å². The van der Waals surface area contributed by atoms with E-state index in [9.17, 15) is 24.7 Å². The lowest BCUT2D eigenvalue weighted by atomic mass is 9.69. The Morgan fingerprint density at radius 3 is 2.58 bits per heavy atom. The van der Waals surface area contributed by atoms with E-state index in [2.05, 4.69) is 15.8 Å². The summed E-state index contributed by atoms with van der Waals surface area (Å²) in [7, 11) is -1.79. The number of aromatic carboxylic acids is 1.